The Kier molecular flexibility index (Phi) is 2.78. The van der Waals surface area contributed by atoms with E-state index in [0.717, 1.165) is 5.69 Å². The summed E-state index contributed by atoms with van der Waals surface area (Å²) in [6, 6.07) is 2.79. The SMILES string of the molecule is Cc1n[nH]c(C)c1NC(=O)c1cc[nH]c(=O)c1. The van der Waals surface area contributed by atoms with Crippen molar-refractivity contribution in [1.29, 1.82) is 0 Å². The first-order chi connectivity index (χ1) is 8.08. The van der Waals surface area contributed by atoms with Crippen LogP contribution in [0.1, 0.15) is 21.7 Å². The van der Waals surface area contributed by atoms with Gasteiger partial charge in [0.05, 0.1) is 17.1 Å². The highest BCUT2D eigenvalue weighted by Crippen LogP contribution is 2.16. The van der Waals surface area contributed by atoms with Crippen molar-refractivity contribution >= 4 is 11.6 Å². The number of H-pyrrole nitrogens is 2. The average Bonchev–Trinajstić information content (AvgIpc) is 2.61. The van der Waals surface area contributed by atoms with Crippen LogP contribution in [-0.2, 0) is 0 Å². The Bertz CT molecular complexity index is 592. The Hall–Kier alpha value is -2.37. The van der Waals surface area contributed by atoms with E-state index in [1.807, 2.05) is 6.92 Å². The van der Waals surface area contributed by atoms with Gasteiger partial charge in [-0.2, -0.15) is 5.10 Å². The summed E-state index contributed by atoms with van der Waals surface area (Å²) in [7, 11) is 0. The van der Waals surface area contributed by atoms with Gasteiger partial charge >= 0.3 is 0 Å². The molecule has 0 spiro atoms. The number of pyridine rings is 1. The number of nitrogens with one attached hydrogen (secondary N) is 3. The number of amides is 1. The van der Waals surface area contributed by atoms with E-state index in [1.54, 1.807) is 13.0 Å². The van der Waals surface area contributed by atoms with Crippen LogP contribution in [0, 0.1) is 13.8 Å². The maximum atomic E-state index is 11.9. The molecule has 0 saturated heterocycles. The number of aryl methyl sites for hydroxylation is 2. The fourth-order valence-electron chi connectivity index (χ4n) is 1.51. The van der Waals surface area contributed by atoms with Crippen LogP contribution in [0.2, 0.25) is 0 Å². The lowest BCUT2D eigenvalue weighted by Gasteiger charge is -2.04. The van der Waals surface area contributed by atoms with Crippen molar-refractivity contribution in [1.82, 2.24) is 15.2 Å². The first-order valence-corrected chi connectivity index (χ1v) is 5.09. The maximum absolute atomic E-state index is 11.9. The Morgan fingerprint density at radius 3 is 2.76 bits per heavy atom. The second kappa shape index (κ2) is 4.25. The van der Waals surface area contributed by atoms with Crippen molar-refractivity contribution in [2.75, 3.05) is 5.32 Å². The molecule has 2 heterocycles. The molecule has 88 valence electrons. The van der Waals surface area contributed by atoms with Crippen LogP contribution in [0.4, 0.5) is 5.69 Å². The van der Waals surface area contributed by atoms with Gasteiger partial charge in [-0.3, -0.25) is 14.7 Å². The molecule has 6 nitrogen and oxygen atoms in total. The van der Waals surface area contributed by atoms with Gasteiger partial charge in [0.15, 0.2) is 0 Å². The van der Waals surface area contributed by atoms with Crippen LogP contribution in [0.5, 0.6) is 0 Å². The fourth-order valence-corrected chi connectivity index (χ4v) is 1.51. The van der Waals surface area contributed by atoms with Gasteiger partial charge in [0.25, 0.3) is 5.91 Å². The summed E-state index contributed by atoms with van der Waals surface area (Å²) < 4.78 is 0. The molecule has 2 rings (SSSR count). The number of carbonyl (C=O) groups is 1. The van der Waals surface area contributed by atoms with Gasteiger partial charge in [-0.25, -0.2) is 0 Å². The van der Waals surface area contributed by atoms with E-state index in [9.17, 15) is 9.59 Å². The molecule has 0 atom stereocenters. The van der Waals surface area contributed by atoms with E-state index < -0.39 is 0 Å². The van der Waals surface area contributed by atoms with E-state index >= 15 is 0 Å². The summed E-state index contributed by atoms with van der Waals surface area (Å²) in [4.78, 5) is 25.4. The number of carbonyl (C=O) groups excluding carboxylic acids is 1. The number of aromatic nitrogens is 3. The minimum absolute atomic E-state index is 0.307. The number of rotatable bonds is 2. The minimum atomic E-state index is -0.330. The zero-order valence-electron chi connectivity index (χ0n) is 9.50. The molecule has 1 amide bonds. The van der Waals surface area contributed by atoms with Gasteiger partial charge in [0, 0.05) is 17.8 Å². The fraction of sp³-hybridized carbons (Fsp3) is 0.182. The van der Waals surface area contributed by atoms with Crippen LogP contribution in [0.25, 0.3) is 0 Å². The van der Waals surface area contributed by atoms with Gasteiger partial charge in [0.2, 0.25) is 5.56 Å². The van der Waals surface area contributed by atoms with E-state index in [2.05, 4.69) is 20.5 Å². The van der Waals surface area contributed by atoms with Crippen molar-refractivity contribution in [3.05, 3.63) is 45.6 Å². The minimum Gasteiger partial charge on any atom is -0.329 e. The Morgan fingerprint density at radius 1 is 1.41 bits per heavy atom. The van der Waals surface area contributed by atoms with Gasteiger partial charge in [-0.05, 0) is 19.9 Å². The number of anilines is 1. The number of hydrogen-bond acceptors (Lipinski definition) is 3. The molecular weight excluding hydrogens is 220 g/mol. The quantitative estimate of drug-likeness (QED) is 0.720. The molecule has 0 aliphatic heterocycles. The molecule has 0 fully saturated rings. The molecule has 6 heteroatoms. The Balaban J connectivity index is 2.26. The predicted octanol–water partition coefficient (Wildman–Crippen LogP) is 0.967. The predicted molar refractivity (Wildman–Crippen MR) is 63.1 cm³/mol. The molecule has 2 aromatic rings. The van der Waals surface area contributed by atoms with Crippen LogP contribution in [-0.4, -0.2) is 21.1 Å². The zero-order valence-corrected chi connectivity index (χ0v) is 9.50. The van der Waals surface area contributed by atoms with Gasteiger partial charge in [0.1, 0.15) is 0 Å². The molecule has 0 saturated carbocycles. The van der Waals surface area contributed by atoms with Gasteiger partial charge in [-0.1, -0.05) is 0 Å². The lowest BCUT2D eigenvalue weighted by atomic mass is 10.2. The topological polar surface area (TPSA) is 90.6 Å². The molecule has 0 unspecified atom stereocenters. The number of hydrogen-bond donors (Lipinski definition) is 3. The molecular formula is C11H12N4O2. The van der Waals surface area contributed by atoms with Crippen molar-refractivity contribution in [2.45, 2.75) is 13.8 Å². The third kappa shape index (κ3) is 2.25. The summed E-state index contributed by atoms with van der Waals surface area (Å²) >= 11 is 0. The third-order valence-electron chi connectivity index (χ3n) is 2.40. The van der Waals surface area contributed by atoms with Crippen molar-refractivity contribution in [2.24, 2.45) is 0 Å². The lowest BCUT2D eigenvalue weighted by molar-refractivity contribution is 0.102. The summed E-state index contributed by atoms with van der Waals surface area (Å²) in [5, 5.41) is 9.46. The van der Waals surface area contributed by atoms with E-state index in [1.165, 1.54) is 12.3 Å². The zero-order chi connectivity index (χ0) is 12.4. The summed E-state index contributed by atoms with van der Waals surface area (Å²) in [6.45, 7) is 3.60. The Morgan fingerprint density at radius 2 is 2.18 bits per heavy atom. The van der Waals surface area contributed by atoms with Crippen LogP contribution >= 0.6 is 0 Å². The largest absolute Gasteiger partial charge is 0.329 e. The molecule has 0 radical (unpaired) electrons. The standard InChI is InChI=1S/C11H12N4O2/c1-6-10(7(2)15-14-6)13-11(17)8-3-4-12-9(16)5-8/h3-5H,1-2H3,(H,12,16)(H,13,17)(H,14,15). The van der Waals surface area contributed by atoms with Crippen molar-refractivity contribution < 1.29 is 4.79 Å². The smallest absolute Gasteiger partial charge is 0.256 e. The second-order valence-electron chi connectivity index (χ2n) is 3.70. The van der Waals surface area contributed by atoms with Crippen LogP contribution < -0.4 is 10.9 Å². The van der Waals surface area contributed by atoms with Crippen molar-refractivity contribution in [3.8, 4) is 0 Å². The Labute approximate surface area is 97.1 Å². The number of aromatic amines is 2. The number of nitrogens with zero attached hydrogens (tertiary/aromatic N) is 1. The van der Waals surface area contributed by atoms with E-state index in [4.69, 9.17) is 0 Å². The monoisotopic (exact) mass is 232 g/mol. The van der Waals surface area contributed by atoms with Crippen molar-refractivity contribution in [3.63, 3.8) is 0 Å². The summed E-state index contributed by atoms with van der Waals surface area (Å²) in [5.41, 5.74) is 2.14. The molecule has 17 heavy (non-hydrogen) atoms. The first-order valence-electron chi connectivity index (χ1n) is 5.09. The van der Waals surface area contributed by atoms with Gasteiger partial charge < -0.3 is 10.3 Å². The lowest BCUT2D eigenvalue weighted by Crippen LogP contribution is -2.16. The average molecular weight is 232 g/mol. The van der Waals surface area contributed by atoms with Gasteiger partial charge in [-0.15, -0.1) is 0 Å². The molecule has 3 N–H and O–H groups in total. The summed E-state index contributed by atoms with van der Waals surface area (Å²) in [6.07, 6.45) is 1.44. The molecule has 0 bridgehead atoms. The third-order valence-corrected chi connectivity index (χ3v) is 2.40. The van der Waals surface area contributed by atoms with Crippen LogP contribution in [0.15, 0.2) is 23.1 Å². The normalized spacial score (nSPS) is 10.2. The highest BCUT2D eigenvalue weighted by atomic mass is 16.2. The summed E-state index contributed by atoms with van der Waals surface area (Å²) in [5.74, 6) is -0.330. The molecule has 0 aliphatic carbocycles. The molecule has 0 aliphatic rings. The molecule has 0 aromatic carbocycles. The maximum Gasteiger partial charge on any atom is 0.256 e. The molecule has 2 aromatic heterocycles. The van der Waals surface area contributed by atoms with Crippen LogP contribution in [0.3, 0.4) is 0 Å². The van der Waals surface area contributed by atoms with E-state index in [0.29, 0.717) is 16.9 Å². The second-order valence-corrected chi connectivity index (χ2v) is 3.70. The first kappa shape index (κ1) is 11.1. The highest BCUT2D eigenvalue weighted by molar-refractivity contribution is 6.04. The highest BCUT2D eigenvalue weighted by Gasteiger charge is 2.11. The van der Waals surface area contributed by atoms with E-state index in [-0.39, 0.29) is 11.5 Å².